The number of halogens is 1. The summed E-state index contributed by atoms with van der Waals surface area (Å²) in [7, 11) is 3.67. The second-order valence-corrected chi connectivity index (χ2v) is 7.90. The van der Waals surface area contributed by atoms with Crippen LogP contribution >= 0.6 is 11.9 Å². The lowest BCUT2D eigenvalue weighted by Crippen LogP contribution is -2.25. The number of rotatable bonds is 6. The van der Waals surface area contributed by atoms with Crippen LogP contribution in [0.3, 0.4) is 0 Å². The minimum atomic E-state index is -0.449. The predicted molar refractivity (Wildman–Crippen MR) is 120 cm³/mol. The zero-order valence-corrected chi connectivity index (χ0v) is 17.7. The molecular formula is C21H25FN6OS. The molecule has 1 heterocycles. The number of pyridine rings is 1. The summed E-state index contributed by atoms with van der Waals surface area (Å²) in [5.74, 6) is -0.244. The highest BCUT2D eigenvalue weighted by atomic mass is 32.2. The molecule has 0 fully saturated rings. The van der Waals surface area contributed by atoms with E-state index in [2.05, 4.69) is 15.0 Å². The van der Waals surface area contributed by atoms with Crippen molar-refractivity contribution in [1.29, 1.82) is 0 Å². The Hall–Kier alpha value is -3.20. The first-order valence-electron chi connectivity index (χ1n) is 9.45. The minimum absolute atomic E-state index is 0.244. The maximum absolute atomic E-state index is 14.6. The monoisotopic (exact) mass is 428 g/mol. The third-order valence-electron chi connectivity index (χ3n) is 4.82. The average Bonchev–Trinajstić information content (AvgIpc) is 3.23. The lowest BCUT2D eigenvalue weighted by atomic mass is 9.97. The molecule has 0 aliphatic heterocycles. The molecule has 1 aromatic carbocycles. The molecule has 0 saturated carbocycles. The van der Waals surface area contributed by atoms with Crippen LogP contribution in [0.25, 0.3) is 11.1 Å². The quantitative estimate of drug-likeness (QED) is 0.415. The molecule has 9 heteroatoms. The van der Waals surface area contributed by atoms with Crippen LogP contribution < -0.4 is 21.5 Å². The van der Waals surface area contributed by atoms with Crippen molar-refractivity contribution in [2.45, 2.75) is 19.3 Å². The molecule has 0 atom stereocenters. The van der Waals surface area contributed by atoms with Crippen LogP contribution in [0, 0.1) is 5.82 Å². The second kappa shape index (κ2) is 9.53. The van der Waals surface area contributed by atoms with Gasteiger partial charge in [-0.1, -0.05) is 0 Å². The van der Waals surface area contributed by atoms with E-state index in [4.69, 9.17) is 11.5 Å². The van der Waals surface area contributed by atoms with Crippen molar-refractivity contribution in [2.75, 3.05) is 19.4 Å². The zero-order chi connectivity index (χ0) is 21.7. The first kappa shape index (κ1) is 21.5. The number of likely N-dealkylation sites (N-methyl/N-ethyl adjacent to an activating group) is 1. The maximum Gasteiger partial charge on any atom is 0.329 e. The number of benzene rings is 1. The summed E-state index contributed by atoms with van der Waals surface area (Å²) in [6.07, 6.45) is 8.59. The number of anilines is 1. The smallest absolute Gasteiger partial charge is 0.329 e. The Morgan fingerprint density at radius 2 is 1.97 bits per heavy atom. The maximum atomic E-state index is 14.6. The van der Waals surface area contributed by atoms with Crippen LogP contribution in [0.1, 0.15) is 17.5 Å². The number of nitrogens with zero attached hydrogens (tertiary/aromatic N) is 2. The summed E-state index contributed by atoms with van der Waals surface area (Å²) >= 11 is 0.973. The van der Waals surface area contributed by atoms with Crippen LogP contribution in [0.15, 0.2) is 53.6 Å². The Kier molecular flexibility index (Phi) is 6.83. The molecule has 6 N–H and O–H groups in total. The summed E-state index contributed by atoms with van der Waals surface area (Å²) in [6.45, 7) is 0. The van der Waals surface area contributed by atoms with Crippen molar-refractivity contribution >= 4 is 23.7 Å². The number of nitrogens with two attached hydrogens (primary N) is 2. The topological polar surface area (TPSA) is 109 Å². The fraction of sp³-hybridized carbons (Fsp3) is 0.238. The van der Waals surface area contributed by atoms with Crippen molar-refractivity contribution in [2.24, 2.45) is 11.5 Å². The van der Waals surface area contributed by atoms with Crippen molar-refractivity contribution < 1.29 is 9.18 Å². The van der Waals surface area contributed by atoms with Crippen molar-refractivity contribution in [3.05, 3.63) is 70.5 Å². The normalized spacial score (nSPS) is 13.7. The molecule has 0 bridgehead atoms. The summed E-state index contributed by atoms with van der Waals surface area (Å²) < 4.78 is 17.3. The number of hydrogen-bond donors (Lipinski definition) is 4. The number of urea groups is 1. The SMILES string of the molecule is CN(C)C(/C=C(\N)SNC(=O)Nc1c(-c2ccncc2)cc(F)c2c1CCC2)=C/N. The Balaban J connectivity index is 1.82. The highest BCUT2D eigenvalue weighted by Crippen LogP contribution is 2.39. The largest absolute Gasteiger partial charge is 0.403 e. The Morgan fingerprint density at radius 1 is 1.27 bits per heavy atom. The van der Waals surface area contributed by atoms with Crippen molar-refractivity contribution in [3.8, 4) is 11.1 Å². The average molecular weight is 429 g/mol. The number of hydrogen-bond acceptors (Lipinski definition) is 6. The van der Waals surface area contributed by atoms with Gasteiger partial charge in [0, 0.05) is 50.2 Å². The molecule has 1 aromatic heterocycles. The number of nitrogens with one attached hydrogen (secondary N) is 2. The van der Waals surface area contributed by atoms with E-state index in [1.165, 1.54) is 12.3 Å². The molecule has 0 saturated heterocycles. The van der Waals surface area contributed by atoms with Crippen LogP contribution in [-0.2, 0) is 12.8 Å². The van der Waals surface area contributed by atoms with Crippen LogP contribution in [0.4, 0.5) is 14.9 Å². The van der Waals surface area contributed by atoms with Gasteiger partial charge in [-0.25, -0.2) is 9.18 Å². The molecule has 158 valence electrons. The van der Waals surface area contributed by atoms with E-state index in [1.54, 1.807) is 35.5 Å². The van der Waals surface area contributed by atoms with E-state index in [0.717, 1.165) is 29.5 Å². The predicted octanol–water partition coefficient (Wildman–Crippen LogP) is 3.31. The van der Waals surface area contributed by atoms with Gasteiger partial charge in [0.25, 0.3) is 0 Å². The number of amides is 2. The molecule has 2 aromatic rings. The fourth-order valence-corrected chi connectivity index (χ4v) is 3.82. The van der Waals surface area contributed by atoms with E-state index in [0.29, 0.717) is 40.4 Å². The number of aromatic nitrogens is 1. The third-order valence-corrected chi connectivity index (χ3v) is 5.46. The van der Waals surface area contributed by atoms with Gasteiger partial charge in [0.15, 0.2) is 0 Å². The first-order valence-corrected chi connectivity index (χ1v) is 10.3. The van der Waals surface area contributed by atoms with E-state index >= 15 is 0 Å². The molecule has 3 rings (SSSR count). The van der Waals surface area contributed by atoms with Gasteiger partial charge in [0.2, 0.25) is 0 Å². The van der Waals surface area contributed by atoms with Gasteiger partial charge in [-0.2, -0.15) is 0 Å². The minimum Gasteiger partial charge on any atom is -0.403 e. The number of allylic oxidation sites excluding steroid dienone is 1. The standard InChI is InChI=1S/C21H25FN6OS/c1-28(2)14(12-23)10-19(24)30-27-21(29)26-20-16-5-3-4-15(16)18(22)11-17(20)13-6-8-25-9-7-13/h6-12H,3-5,23-24H2,1-2H3,(H2,26,27,29)/b14-12+,19-10+. The Labute approximate surface area is 179 Å². The van der Waals surface area contributed by atoms with Crippen molar-refractivity contribution in [3.63, 3.8) is 0 Å². The lowest BCUT2D eigenvalue weighted by Gasteiger charge is -2.17. The molecule has 1 aliphatic carbocycles. The van der Waals surface area contributed by atoms with Gasteiger partial charge in [-0.15, -0.1) is 0 Å². The molecule has 0 spiro atoms. The summed E-state index contributed by atoms with van der Waals surface area (Å²) in [6, 6.07) is 4.61. The van der Waals surface area contributed by atoms with E-state index in [9.17, 15) is 9.18 Å². The molecular weight excluding hydrogens is 403 g/mol. The van der Waals surface area contributed by atoms with Gasteiger partial charge >= 0.3 is 6.03 Å². The van der Waals surface area contributed by atoms with Crippen LogP contribution in [0.2, 0.25) is 0 Å². The zero-order valence-electron chi connectivity index (χ0n) is 16.9. The fourth-order valence-electron chi connectivity index (χ4n) is 3.38. The van der Waals surface area contributed by atoms with Gasteiger partial charge in [0.05, 0.1) is 16.4 Å². The van der Waals surface area contributed by atoms with Crippen LogP contribution in [0.5, 0.6) is 0 Å². The Bertz CT molecular complexity index is 991. The second-order valence-electron chi connectivity index (χ2n) is 7.02. The summed E-state index contributed by atoms with van der Waals surface area (Å²) in [5, 5.41) is 3.26. The summed E-state index contributed by atoms with van der Waals surface area (Å²) in [4.78, 5) is 18.4. The number of carbonyl (C=O) groups excluding carboxylic acids is 1. The van der Waals surface area contributed by atoms with E-state index in [1.807, 2.05) is 14.1 Å². The Morgan fingerprint density at radius 3 is 2.63 bits per heavy atom. The van der Waals surface area contributed by atoms with Gasteiger partial charge < -0.3 is 21.7 Å². The molecule has 2 amide bonds. The summed E-state index contributed by atoms with van der Waals surface area (Å²) in [5.41, 5.74) is 15.8. The molecule has 0 unspecified atom stereocenters. The van der Waals surface area contributed by atoms with E-state index in [-0.39, 0.29) is 5.82 Å². The lowest BCUT2D eigenvalue weighted by molar-refractivity contribution is 0.257. The van der Waals surface area contributed by atoms with Gasteiger partial charge in [-0.3, -0.25) is 9.71 Å². The van der Waals surface area contributed by atoms with Crippen molar-refractivity contribution in [1.82, 2.24) is 14.6 Å². The molecule has 7 nitrogen and oxygen atoms in total. The third kappa shape index (κ3) is 4.85. The molecule has 1 aliphatic rings. The highest BCUT2D eigenvalue weighted by molar-refractivity contribution is 8.01. The van der Waals surface area contributed by atoms with Gasteiger partial charge in [0.1, 0.15) is 5.82 Å². The number of fused-ring (bicyclic) bond motifs is 1. The molecule has 0 radical (unpaired) electrons. The van der Waals surface area contributed by atoms with E-state index < -0.39 is 6.03 Å². The first-order chi connectivity index (χ1) is 14.4. The van der Waals surface area contributed by atoms with Crippen LogP contribution in [-0.4, -0.2) is 30.0 Å². The highest BCUT2D eigenvalue weighted by Gasteiger charge is 2.24. The van der Waals surface area contributed by atoms with Gasteiger partial charge in [-0.05, 0) is 60.2 Å². The number of carbonyl (C=O) groups is 1. The molecule has 30 heavy (non-hydrogen) atoms.